The van der Waals surface area contributed by atoms with Gasteiger partial charge in [0, 0.05) is 13.5 Å². The molecule has 0 bridgehead atoms. The molecule has 0 saturated heterocycles. The SMILES string of the molecule is CC(=O)C(CC(C)C)N(C)C(=O)C(Cc1ccc(C(F)(F)F)cc1)OC(=O)C(C)CC(C)(C)F. The summed E-state index contributed by atoms with van der Waals surface area (Å²) >= 11 is 0. The monoisotopic (exact) mass is 489 g/mol. The van der Waals surface area contributed by atoms with Crippen molar-refractivity contribution in [2.24, 2.45) is 11.8 Å². The van der Waals surface area contributed by atoms with E-state index in [-0.39, 0.29) is 24.5 Å². The quantitative estimate of drug-likeness (QED) is 0.309. The minimum absolute atomic E-state index is 0.104. The second-order valence-electron chi connectivity index (χ2n) is 9.85. The molecule has 0 saturated carbocycles. The first-order valence-electron chi connectivity index (χ1n) is 11.2. The Hall–Kier alpha value is -2.45. The zero-order chi connectivity index (χ0) is 26.4. The van der Waals surface area contributed by atoms with Crippen molar-refractivity contribution in [2.75, 3.05) is 7.05 Å². The van der Waals surface area contributed by atoms with Gasteiger partial charge in [0.1, 0.15) is 5.67 Å². The summed E-state index contributed by atoms with van der Waals surface area (Å²) in [5.74, 6) is -2.44. The highest BCUT2D eigenvalue weighted by molar-refractivity contribution is 5.90. The molecule has 0 fully saturated rings. The molecule has 1 aromatic rings. The molecular weight excluding hydrogens is 454 g/mol. The molecule has 1 aromatic carbocycles. The molecule has 192 valence electrons. The van der Waals surface area contributed by atoms with Crippen LogP contribution in [-0.4, -0.2) is 47.4 Å². The normalized spacial score (nSPS) is 14.9. The van der Waals surface area contributed by atoms with Gasteiger partial charge in [-0.15, -0.1) is 0 Å². The number of ether oxygens (including phenoxy) is 1. The maximum absolute atomic E-state index is 14.0. The molecule has 0 spiro atoms. The number of halogens is 4. The van der Waals surface area contributed by atoms with Crippen molar-refractivity contribution in [3.05, 3.63) is 35.4 Å². The van der Waals surface area contributed by atoms with Crippen molar-refractivity contribution in [2.45, 2.75) is 84.8 Å². The summed E-state index contributed by atoms with van der Waals surface area (Å²) in [6.45, 7) is 9.27. The van der Waals surface area contributed by atoms with Crippen molar-refractivity contribution in [1.82, 2.24) is 4.90 Å². The number of likely N-dealkylation sites (N-methyl/N-ethyl adjacent to an activating group) is 1. The molecule has 0 aromatic heterocycles. The standard InChI is InChI=1S/C25H35F4NO4/c1-15(2)12-20(17(4)31)30(7)22(32)21(34-23(33)16(3)14-24(5,6)26)13-18-8-10-19(11-9-18)25(27,28)29/h8-11,15-16,20-21H,12-14H2,1-7H3. The number of carbonyl (C=O) groups excluding carboxylic acids is 3. The Kier molecular flexibility index (Phi) is 10.3. The first-order chi connectivity index (χ1) is 15.4. The van der Waals surface area contributed by atoms with Crippen molar-refractivity contribution in [3.8, 4) is 0 Å². The molecule has 1 rings (SSSR count). The lowest BCUT2D eigenvalue weighted by Gasteiger charge is -2.31. The zero-order valence-corrected chi connectivity index (χ0v) is 20.8. The number of rotatable bonds is 11. The highest BCUT2D eigenvalue weighted by Crippen LogP contribution is 2.29. The van der Waals surface area contributed by atoms with E-state index in [1.165, 1.54) is 51.8 Å². The summed E-state index contributed by atoms with van der Waals surface area (Å²) in [6, 6.07) is 3.44. The van der Waals surface area contributed by atoms with Crippen molar-refractivity contribution in [3.63, 3.8) is 0 Å². The summed E-state index contributed by atoms with van der Waals surface area (Å²) in [5.41, 5.74) is -2.14. The maximum Gasteiger partial charge on any atom is 0.416 e. The second kappa shape index (κ2) is 11.8. The number of Topliss-reactive ketones (excluding diaryl/α,β-unsaturated/α-hetero) is 1. The van der Waals surface area contributed by atoms with E-state index < -0.39 is 47.3 Å². The second-order valence-corrected chi connectivity index (χ2v) is 9.85. The Morgan fingerprint density at radius 1 is 1.00 bits per heavy atom. The molecule has 5 nitrogen and oxygen atoms in total. The van der Waals surface area contributed by atoms with Crippen LogP contribution in [0.3, 0.4) is 0 Å². The van der Waals surface area contributed by atoms with Gasteiger partial charge >= 0.3 is 12.1 Å². The van der Waals surface area contributed by atoms with Crippen LogP contribution < -0.4 is 0 Å². The smallest absolute Gasteiger partial charge is 0.416 e. The van der Waals surface area contributed by atoms with E-state index in [0.717, 1.165) is 12.1 Å². The van der Waals surface area contributed by atoms with Crippen LogP contribution in [0.1, 0.15) is 65.5 Å². The minimum Gasteiger partial charge on any atom is -0.452 e. The molecule has 0 N–H and O–H groups in total. The van der Waals surface area contributed by atoms with Gasteiger partial charge in [0.25, 0.3) is 5.91 Å². The van der Waals surface area contributed by atoms with E-state index in [2.05, 4.69) is 0 Å². The fraction of sp³-hybridized carbons (Fsp3) is 0.640. The van der Waals surface area contributed by atoms with Crippen LogP contribution in [0.2, 0.25) is 0 Å². The van der Waals surface area contributed by atoms with Gasteiger partial charge in [-0.2, -0.15) is 13.2 Å². The van der Waals surface area contributed by atoms with Crippen LogP contribution >= 0.6 is 0 Å². The number of carbonyl (C=O) groups is 3. The van der Waals surface area contributed by atoms with Gasteiger partial charge in [-0.3, -0.25) is 14.4 Å². The summed E-state index contributed by atoms with van der Waals surface area (Å²) in [4.78, 5) is 39.3. The van der Waals surface area contributed by atoms with E-state index in [0.29, 0.717) is 12.0 Å². The van der Waals surface area contributed by atoms with Crippen LogP contribution in [0.5, 0.6) is 0 Å². The first kappa shape index (κ1) is 29.6. The molecule has 0 radical (unpaired) electrons. The first-order valence-corrected chi connectivity index (χ1v) is 11.2. The summed E-state index contributed by atoms with van der Waals surface area (Å²) in [7, 11) is 1.43. The van der Waals surface area contributed by atoms with Gasteiger partial charge in [-0.25, -0.2) is 4.39 Å². The Bertz CT molecular complexity index is 844. The molecule has 0 aliphatic heterocycles. The molecular formula is C25H35F4NO4. The molecule has 1 amide bonds. The fourth-order valence-corrected chi connectivity index (χ4v) is 3.72. The Balaban J connectivity index is 3.21. The maximum atomic E-state index is 14.0. The summed E-state index contributed by atoms with van der Waals surface area (Å²) < 4.78 is 58.1. The number of benzene rings is 1. The molecule has 0 heterocycles. The van der Waals surface area contributed by atoms with Crippen LogP contribution in [0.15, 0.2) is 24.3 Å². The Labute approximate surface area is 198 Å². The van der Waals surface area contributed by atoms with Crippen molar-refractivity contribution >= 4 is 17.7 Å². The summed E-state index contributed by atoms with van der Waals surface area (Å²) in [6.07, 6.45) is -5.82. The third kappa shape index (κ3) is 9.43. The number of ketones is 1. The lowest BCUT2D eigenvalue weighted by Crippen LogP contribution is -2.49. The summed E-state index contributed by atoms with van der Waals surface area (Å²) in [5, 5.41) is 0. The predicted octanol–water partition coefficient (Wildman–Crippen LogP) is 5.40. The average Bonchev–Trinajstić information content (AvgIpc) is 2.68. The van der Waals surface area contributed by atoms with Crippen molar-refractivity contribution in [1.29, 1.82) is 0 Å². The lowest BCUT2D eigenvalue weighted by molar-refractivity contribution is -0.165. The molecule has 0 aliphatic rings. The fourth-order valence-electron chi connectivity index (χ4n) is 3.72. The minimum atomic E-state index is -4.51. The molecule has 9 heteroatoms. The van der Waals surface area contributed by atoms with Crippen LogP contribution in [0, 0.1) is 11.8 Å². The third-order valence-corrected chi connectivity index (χ3v) is 5.41. The number of esters is 1. The van der Waals surface area contributed by atoms with Crippen LogP contribution in [-0.2, 0) is 31.7 Å². The lowest BCUT2D eigenvalue weighted by atomic mass is 9.96. The number of hydrogen-bond donors (Lipinski definition) is 0. The van der Waals surface area contributed by atoms with Gasteiger partial charge in [-0.05, 0) is 57.2 Å². The van der Waals surface area contributed by atoms with Gasteiger partial charge in [0.2, 0.25) is 0 Å². The molecule has 3 atom stereocenters. The molecule has 34 heavy (non-hydrogen) atoms. The number of amides is 1. The third-order valence-electron chi connectivity index (χ3n) is 5.41. The van der Waals surface area contributed by atoms with Crippen LogP contribution in [0.25, 0.3) is 0 Å². The van der Waals surface area contributed by atoms with Crippen LogP contribution in [0.4, 0.5) is 17.6 Å². The number of alkyl halides is 4. The van der Waals surface area contributed by atoms with Gasteiger partial charge in [0.15, 0.2) is 11.9 Å². The molecule has 0 aliphatic carbocycles. The predicted molar refractivity (Wildman–Crippen MR) is 121 cm³/mol. The van der Waals surface area contributed by atoms with E-state index in [4.69, 9.17) is 4.74 Å². The topological polar surface area (TPSA) is 63.7 Å². The van der Waals surface area contributed by atoms with Gasteiger partial charge in [0.05, 0.1) is 17.5 Å². The van der Waals surface area contributed by atoms with Gasteiger partial charge in [-0.1, -0.05) is 32.9 Å². The Morgan fingerprint density at radius 3 is 1.94 bits per heavy atom. The molecule has 3 unspecified atom stereocenters. The number of nitrogens with zero attached hydrogens (tertiary/aromatic N) is 1. The average molecular weight is 490 g/mol. The van der Waals surface area contributed by atoms with E-state index in [1.54, 1.807) is 0 Å². The van der Waals surface area contributed by atoms with E-state index >= 15 is 0 Å². The highest BCUT2D eigenvalue weighted by atomic mass is 19.4. The number of hydrogen-bond acceptors (Lipinski definition) is 4. The zero-order valence-electron chi connectivity index (χ0n) is 20.8. The van der Waals surface area contributed by atoms with Crippen molar-refractivity contribution < 1.29 is 36.7 Å². The highest BCUT2D eigenvalue weighted by Gasteiger charge is 2.35. The van der Waals surface area contributed by atoms with E-state index in [9.17, 15) is 31.9 Å². The van der Waals surface area contributed by atoms with Gasteiger partial charge < -0.3 is 9.64 Å². The Morgan fingerprint density at radius 2 is 1.53 bits per heavy atom. The largest absolute Gasteiger partial charge is 0.452 e. The van der Waals surface area contributed by atoms with E-state index in [1.807, 2.05) is 13.8 Å².